The molecule has 112 valence electrons. The molecule has 0 saturated heterocycles. The second-order valence-corrected chi connectivity index (χ2v) is 6.51. The third kappa shape index (κ3) is 3.34. The van der Waals surface area contributed by atoms with Gasteiger partial charge in [-0.1, -0.05) is 52.0 Å². The molecule has 20 heavy (non-hydrogen) atoms. The van der Waals surface area contributed by atoms with Crippen LogP contribution in [-0.4, -0.2) is 7.11 Å². The molecule has 2 heteroatoms. The van der Waals surface area contributed by atoms with Crippen LogP contribution in [0.15, 0.2) is 18.2 Å². The number of methoxy groups -OCH3 is 1. The van der Waals surface area contributed by atoms with Gasteiger partial charge in [0.2, 0.25) is 0 Å². The zero-order chi connectivity index (χ0) is 14.6. The van der Waals surface area contributed by atoms with Gasteiger partial charge in [0.1, 0.15) is 0 Å². The van der Waals surface area contributed by atoms with E-state index in [1.807, 2.05) is 6.07 Å². The molecule has 0 amide bonds. The van der Waals surface area contributed by atoms with Crippen LogP contribution < -0.4 is 4.74 Å². The van der Waals surface area contributed by atoms with E-state index in [0.717, 1.165) is 11.5 Å². The third-order valence-electron chi connectivity index (χ3n) is 4.89. The number of unbranched alkanes of at least 4 members (excludes halogenated alkanes) is 1. The summed E-state index contributed by atoms with van der Waals surface area (Å²) in [5, 5.41) is 0. The molecule has 0 bridgehead atoms. The topological polar surface area (TPSA) is 9.23 Å². The molecule has 1 nitrogen and oxygen atoms in total. The second kappa shape index (κ2) is 6.60. The van der Waals surface area contributed by atoms with Crippen LogP contribution in [0.4, 0.5) is 4.39 Å². The third-order valence-corrected chi connectivity index (χ3v) is 4.89. The zero-order valence-electron chi connectivity index (χ0n) is 13.0. The van der Waals surface area contributed by atoms with E-state index in [0.29, 0.717) is 5.75 Å². The standard InChI is InChI=1S/C18H27FO/c1-4-5-7-14-8-6-11-18(2,13-14)15-9-10-17(20-3)16(19)12-15/h9-10,12,14H,4-8,11,13H2,1-3H3. The summed E-state index contributed by atoms with van der Waals surface area (Å²) in [5.74, 6) is 0.913. The van der Waals surface area contributed by atoms with E-state index in [9.17, 15) is 4.39 Å². The van der Waals surface area contributed by atoms with Crippen molar-refractivity contribution in [3.05, 3.63) is 29.6 Å². The largest absolute Gasteiger partial charge is 0.494 e. The quantitative estimate of drug-likeness (QED) is 0.693. The Morgan fingerprint density at radius 3 is 2.85 bits per heavy atom. The van der Waals surface area contributed by atoms with Crippen LogP contribution in [0.1, 0.15) is 64.4 Å². The zero-order valence-corrected chi connectivity index (χ0v) is 13.0. The fourth-order valence-corrected chi connectivity index (χ4v) is 3.67. The molecule has 1 aliphatic carbocycles. The minimum absolute atomic E-state index is 0.129. The average Bonchev–Trinajstić information content (AvgIpc) is 2.45. The first-order valence-electron chi connectivity index (χ1n) is 7.93. The molecule has 0 radical (unpaired) electrons. The van der Waals surface area contributed by atoms with E-state index in [2.05, 4.69) is 13.8 Å². The summed E-state index contributed by atoms with van der Waals surface area (Å²) in [6.07, 6.45) is 8.87. The molecule has 0 N–H and O–H groups in total. The average molecular weight is 278 g/mol. The smallest absolute Gasteiger partial charge is 0.165 e. The van der Waals surface area contributed by atoms with E-state index < -0.39 is 0 Å². The molecule has 0 aromatic heterocycles. The number of halogens is 1. The Hall–Kier alpha value is -1.05. The first-order valence-corrected chi connectivity index (χ1v) is 7.93. The van der Waals surface area contributed by atoms with E-state index in [4.69, 9.17) is 4.74 Å². The summed E-state index contributed by atoms with van der Waals surface area (Å²) >= 11 is 0. The molecular formula is C18H27FO. The first-order chi connectivity index (χ1) is 9.59. The normalized spacial score (nSPS) is 26.5. The highest BCUT2D eigenvalue weighted by atomic mass is 19.1. The number of hydrogen-bond acceptors (Lipinski definition) is 1. The van der Waals surface area contributed by atoms with Crippen molar-refractivity contribution in [1.29, 1.82) is 0 Å². The fourth-order valence-electron chi connectivity index (χ4n) is 3.67. The minimum atomic E-state index is -0.234. The van der Waals surface area contributed by atoms with Crippen molar-refractivity contribution >= 4 is 0 Å². The van der Waals surface area contributed by atoms with Gasteiger partial charge in [0.15, 0.2) is 11.6 Å². The second-order valence-electron chi connectivity index (χ2n) is 6.51. The Balaban J connectivity index is 2.14. The monoisotopic (exact) mass is 278 g/mol. The van der Waals surface area contributed by atoms with Gasteiger partial charge in [-0.05, 0) is 41.9 Å². The molecule has 1 saturated carbocycles. The molecule has 1 aromatic rings. The predicted molar refractivity (Wildman–Crippen MR) is 81.8 cm³/mol. The van der Waals surface area contributed by atoms with Crippen molar-refractivity contribution < 1.29 is 9.13 Å². The van der Waals surface area contributed by atoms with Gasteiger partial charge in [-0.3, -0.25) is 0 Å². The molecule has 1 fully saturated rings. The van der Waals surface area contributed by atoms with Gasteiger partial charge in [0.25, 0.3) is 0 Å². The van der Waals surface area contributed by atoms with Crippen molar-refractivity contribution in [2.75, 3.05) is 7.11 Å². The van der Waals surface area contributed by atoms with Gasteiger partial charge in [-0.25, -0.2) is 4.39 Å². The van der Waals surface area contributed by atoms with Gasteiger partial charge in [-0.15, -0.1) is 0 Å². The van der Waals surface area contributed by atoms with Crippen LogP contribution in [0.5, 0.6) is 5.75 Å². The molecule has 0 spiro atoms. The fraction of sp³-hybridized carbons (Fsp3) is 0.667. The van der Waals surface area contributed by atoms with E-state index >= 15 is 0 Å². The number of benzene rings is 1. The van der Waals surface area contributed by atoms with E-state index in [1.54, 1.807) is 12.1 Å². The predicted octanol–water partition coefficient (Wildman–Crippen LogP) is 5.47. The van der Waals surface area contributed by atoms with Crippen LogP contribution >= 0.6 is 0 Å². The van der Waals surface area contributed by atoms with E-state index in [1.165, 1.54) is 52.1 Å². The summed E-state index contributed by atoms with van der Waals surface area (Å²) in [4.78, 5) is 0. The highest BCUT2D eigenvalue weighted by Crippen LogP contribution is 2.43. The Morgan fingerprint density at radius 2 is 2.20 bits per heavy atom. The lowest BCUT2D eigenvalue weighted by molar-refractivity contribution is 0.224. The van der Waals surface area contributed by atoms with Gasteiger partial charge < -0.3 is 4.74 Å². The van der Waals surface area contributed by atoms with Crippen molar-refractivity contribution in [2.45, 2.75) is 64.2 Å². The van der Waals surface area contributed by atoms with Crippen molar-refractivity contribution in [3.8, 4) is 5.75 Å². The Bertz CT molecular complexity index is 443. The molecule has 1 aliphatic rings. The molecule has 1 aromatic carbocycles. The molecular weight excluding hydrogens is 251 g/mol. The van der Waals surface area contributed by atoms with Crippen LogP contribution in [0.25, 0.3) is 0 Å². The summed E-state index contributed by atoms with van der Waals surface area (Å²) in [7, 11) is 1.52. The maximum atomic E-state index is 14.0. The van der Waals surface area contributed by atoms with Crippen LogP contribution in [0, 0.1) is 11.7 Å². The minimum Gasteiger partial charge on any atom is -0.494 e. The molecule has 2 unspecified atom stereocenters. The van der Waals surface area contributed by atoms with Gasteiger partial charge in [0.05, 0.1) is 7.11 Å². The van der Waals surface area contributed by atoms with E-state index in [-0.39, 0.29) is 11.2 Å². The van der Waals surface area contributed by atoms with Crippen molar-refractivity contribution in [1.82, 2.24) is 0 Å². The van der Waals surface area contributed by atoms with Crippen LogP contribution in [0.3, 0.4) is 0 Å². The molecule has 2 rings (SSSR count). The summed E-state index contributed by atoms with van der Waals surface area (Å²) in [6, 6.07) is 5.50. The summed E-state index contributed by atoms with van der Waals surface area (Å²) < 4.78 is 19.0. The lowest BCUT2D eigenvalue weighted by Gasteiger charge is -2.39. The summed E-state index contributed by atoms with van der Waals surface area (Å²) in [5.41, 5.74) is 1.26. The van der Waals surface area contributed by atoms with Crippen molar-refractivity contribution in [2.24, 2.45) is 5.92 Å². The van der Waals surface area contributed by atoms with Gasteiger partial charge in [-0.2, -0.15) is 0 Å². The van der Waals surface area contributed by atoms with Crippen LogP contribution in [-0.2, 0) is 5.41 Å². The lowest BCUT2D eigenvalue weighted by Crippen LogP contribution is -2.30. The number of rotatable bonds is 5. The highest BCUT2D eigenvalue weighted by Gasteiger charge is 2.33. The molecule has 0 heterocycles. The maximum Gasteiger partial charge on any atom is 0.165 e. The Kier molecular flexibility index (Phi) is 5.06. The molecule has 0 aliphatic heterocycles. The SMILES string of the molecule is CCCCC1CCCC(C)(c2ccc(OC)c(F)c2)C1. The maximum absolute atomic E-state index is 14.0. The Labute approximate surface area is 122 Å². The Morgan fingerprint density at radius 1 is 1.40 bits per heavy atom. The van der Waals surface area contributed by atoms with Gasteiger partial charge >= 0.3 is 0 Å². The first kappa shape index (κ1) is 15.3. The van der Waals surface area contributed by atoms with Crippen molar-refractivity contribution in [3.63, 3.8) is 0 Å². The molecule has 2 atom stereocenters. The number of hydrogen-bond donors (Lipinski definition) is 0. The number of ether oxygens (including phenoxy) is 1. The van der Waals surface area contributed by atoms with Gasteiger partial charge in [0, 0.05) is 0 Å². The highest BCUT2D eigenvalue weighted by molar-refractivity contribution is 5.34. The lowest BCUT2D eigenvalue weighted by atomic mass is 9.66. The summed E-state index contributed by atoms with van der Waals surface area (Å²) in [6.45, 7) is 4.55. The van der Waals surface area contributed by atoms with Crippen LogP contribution in [0.2, 0.25) is 0 Å².